The normalized spacial score (nSPS) is 28.9. The molecule has 2 saturated carbocycles. The van der Waals surface area contributed by atoms with Gasteiger partial charge in [-0.3, -0.25) is 4.98 Å². The molecule has 0 atom stereocenters. The van der Waals surface area contributed by atoms with Crippen LogP contribution in [-0.2, 0) is 0 Å². The number of benzene rings is 1. The summed E-state index contributed by atoms with van der Waals surface area (Å²) < 4.78 is 14.8. The molecule has 0 amide bonds. The molecule has 1 heterocycles. The van der Waals surface area contributed by atoms with Gasteiger partial charge in [-0.15, -0.1) is 0 Å². The lowest BCUT2D eigenvalue weighted by atomic mass is 9.79. The first kappa shape index (κ1) is 18.7. The number of halogens is 1. The Bertz CT molecular complexity index is 750. The fraction of sp³-hybridized carbons (Fsp3) is 0.560. The third-order valence-corrected chi connectivity index (χ3v) is 7.03. The molecule has 2 aliphatic carbocycles. The standard InChI is InChI=1S/C25H32FN/c1-17-3-7-19(8-4-17)21-11-13-23(24(26)15-21)25-14-12-22(16-27-25)20-9-5-18(2)6-10-20/h11-20H,3-10H2,1-2H3/t17-,18-,19-,20-. The quantitative estimate of drug-likeness (QED) is 0.549. The minimum atomic E-state index is -0.127. The van der Waals surface area contributed by atoms with E-state index in [1.54, 1.807) is 6.07 Å². The van der Waals surface area contributed by atoms with Crippen LogP contribution in [0.4, 0.5) is 4.39 Å². The van der Waals surface area contributed by atoms with Crippen molar-refractivity contribution in [2.24, 2.45) is 11.8 Å². The Kier molecular flexibility index (Phi) is 5.61. The predicted molar refractivity (Wildman–Crippen MR) is 110 cm³/mol. The van der Waals surface area contributed by atoms with Gasteiger partial charge in [0.2, 0.25) is 0 Å². The van der Waals surface area contributed by atoms with E-state index in [4.69, 9.17) is 0 Å². The lowest BCUT2D eigenvalue weighted by Gasteiger charge is -2.27. The molecule has 1 aromatic carbocycles. The van der Waals surface area contributed by atoms with Gasteiger partial charge in [-0.1, -0.05) is 51.7 Å². The fourth-order valence-electron chi connectivity index (χ4n) is 4.99. The first-order valence-corrected chi connectivity index (χ1v) is 10.9. The summed E-state index contributed by atoms with van der Waals surface area (Å²) in [6.07, 6.45) is 12.0. The molecule has 27 heavy (non-hydrogen) atoms. The smallest absolute Gasteiger partial charge is 0.132 e. The van der Waals surface area contributed by atoms with Crippen LogP contribution in [0.5, 0.6) is 0 Å². The third kappa shape index (κ3) is 4.25. The molecule has 2 aliphatic rings. The van der Waals surface area contributed by atoms with Crippen LogP contribution >= 0.6 is 0 Å². The summed E-state index contributed by atoms with van der Waals surface area (Å²) in [5.74, 6) is 2.70. The molecular weight excluding hydrogens is 333 g/mol. The first-order chi connectivity index (χ1) is 13.1. The average Bonchev–Trinajstić information content (AvgIpc) is 2.69. The maximum absolute atomic E-state index is 14.8. The predicted octanol–water partition coefficient (Wildman–Crippen LogP) is 7.48. The zero-order valence-electron chi connectivity index (χ0n) is 16.8. The maximum Gasteiger partial charge on any atom is 0.132 e. The highest BCUT2D eigenvalue weighted by Crippen LogP contribution is 2.38. The van der Waals surface area contributed by atoms with Gasteiger partial charge in [0.1, 0.15) is 5.82 Å². The van der Waals surface area contributed by atoms with Crippen molar-refractivity contribution in [1.82, 2.24) is 4.98 Å². The molecule has 1 aromatic heterocycles. The average molecular weight is 366 g/mol. The van der Waals surface area contributed by atoms with E-state index < -0.39 is 0 Å². The van der Waals surface area contributed by atoms with Crippen molar-refractivity contribution in [2.75, 3.05) is 0 Å². The highest BCUT2D eigenvalue weighted by molar-refractivity contribution is 5.60. The first-order valence-electron chi connectivity index (χ1n) is 10.9. The number of hydrogen-bond acceptors (Lipinski definition) is 1. The van der Waals surface area contributed by atoms with E-state index in [2.05, 4.69) is 31.0 Å². The van der Waals surface area contributed by atoms with Crippen molar-refractivity contribution in [3.63, 3.8) is 0 Å². The molecule has 0 aliphatic heterocycles. The van der Waals surface area contributed by atoms with Gasteiger partial charge in [-0.2, -0.15) is 0 Å². The Labute approximate surface area is 163 Å². The zero-order chi connectivity index (χ0) is 18.8. The molecule has 0 spiro atoms. The van der Waals surface area contributed by atoms with Gasteiger partial charge < -0.3 is 0 Å². The molecule has 2 aromatic rings. The molecule has 0 saturated heterocycles. The second-order valence-corrected chi connectivity index (χ2v) is 9.13. The van der Waals surface area contributed by atoms with Crippen LogP contribution in [0.25, 0.3) is 11.3 Å². The Balaban J connectivity index is 1.48. The van der Waals surface area contributed by atoms with Crippen molar-refractivity contribution in [1.29, 1.82) is 0 Å². The van der Waals surface area contributed by atoms with Crippen LogP contribution in [0.1, 0.15) is 88.2 Å². The molecular formula is C25H32FN. The SMILES string of the molecule is C[C@H]1CC[C@H](c2ccc(-c3ccc([C@H]4CC[C@H](C)CC4)cc3F)nc2)CC1. The summed E-state index contributed by atoms with van der Waals surface area (Å²) >= 11 is 0. The van der Waals surface area contributed by atoms with E-state index in [9.17, 15) is 4.39 Å². The second kappa shape index (κ2) is 8.12. The highest BCUT2D eigenvalue weighted by atomic mass is 19.1. The van der Waals surface area contributed by atoms with Crippen LogP contribution in [0.15, 0.2) is 36.5 Å². The van der Waals surface area contributed by atoms with Crippen LogP contribution < -0.4 is 0 Å². The zero-order valence-corrected chi connectivity index (χ0v) is 16.8. The summed E-state index contributed by atoms with van der Waals surface area (Å²) in [4.78, 5) is 4.62. The lowest BCUT2D eigenvalue weighted by Crippen LogP contribution is -2.11. The van der Waals surface area contributed by atoms with E-state index >= 15 is 0 Å². The van der Waals surface area contributed by atoms with Gasteiger partial charge in [-0.25, -0.2) is 4.39 Å². The third-order valence-electron chi connectivity index (χ3n) is 7.03. The Hall–Kier alpha value is -1.70. The van der Waals surface area contributed by atoms with Gasteiger partial charge in [0.05, 0.1) is 5.69 Å². The number of rotatable bonds is 3. The van der Waals surface area contributed by atoms with E-state index in [0.717, 1.165) is 23.1 Å². The number of hydrogen-bond donors (Lipinski definition) is 0. The van der Waals surface area contributed by atoms with Crippen molar-refractivity contribution < 1.29 is 4.39 Å². The van der Waals surface area contributed by atoms with Crippen LogP contribution in [-0.4, -0.2) is 4.98 Å². The summed E-state index contributed by atoms with van der Waals surface area (Å²) in [6, 6.07) is 9.99. The summed E-state index contributed by atoms with van der Waals surface area (Å²) in [5, 5.41) is 0. The molecule has 0 radical (unpaired) electrons. The van der Waals surface area contributed by atoms with E-state index in [0.29, 0.717) is 17.4 Å². The van der Waals surface area contributed by atoms with Crippen LogP contribution in [0.3, 0.4) is 0 Å². The Morgan fingerprint density at radius 3 is 1.81 bits per heavy atom. The molecule has 1 nitrogen and oxygen atoms in total. The van der Waals surface area contributed by atoms with Gasteiger partial charge >= 0.3 is 0 Å². The molecule has 144 valence electrons. The number of pyridine rings is 1. The minimum absolute atomic E-state index is 0.127. The molecule has 4 rings (SSSR count). The number of nitrogens with zero attached hydrogens (tertiary/aromatic N) is 1. The van der Waals surface area contributed by atoms with Gasteiger partial charge in [0.15, 0.2) is 0 Å². The summed E-state index contributed by atoms with van der Waals surface area (Å²) in [5.41, 5.74) is 3.87. The van der Waals surface area contributed by atoms with E-state index in [-0.39, 0.29) is 5.82 Å². The monoisotopic (exact) mass is 365 g/mol. The van der Waals surface area contributed by atoms with E-state index in [1.165, 1.54) is 56.9 Å². The van der Waals surface area contributed by atoms with Crippen LogP contribution in [0.2, 0.25) is 0 Å². The minimum Gasteiger partial charge on any atom is -0.256 e. The van der Waals surface area contributed by atoms with Crippen LogP contribution in [0, 0.1) is 17.7 Å². The lowest BCUT2D eigenvalue weighted by molar-refractivity contribution is 0.347. The maximum atomic E-state index is 14.8. The molecule has 2 heteroatoms. The number of aromatic nitrogens is 1. The van der Waals surface area contributed by atoms with Crippen molar-refractivity contribution in [2.45, 2.75) is 77.0 Å². The Morgan fingerprint density at radius 2 is 1.30 bits per heavy atom. The van der Waals surface area contributed by atoms with Gasteiger partial charge in [0, 0.05) is 11.8 Å². The molecule has 2 fully saturated rings. The van der Waals surface area contributed by atoms with Crippen molar-refractivity contribution in [3.05, 3.63) is 53.5 Å². The van der Waals surface area contributed by atoms with E-state index in [1.807, 2.05) is 18.3 Å². The molecule has 0 bridgehead atoms. The van der Waals surface area contributed by atoms with Gasteiger partial charge in [-0.05, 0) is 78.7 Å². The second-order valence-electron chi connectivity index (χ2n) is 9.13. The summed E-state index contributed by atoms with van der Waals surface area (Å²) in [7, 11) is 0. The Morgan fingerprint density at radius 1 is 0.741 bits per heavy atom. The molecule has 0 N–H and O–H groups in total. The topological polar surface area (TPSA) is 12.9 Å². The fourth-order valence-corrected chi connectivity index (χ4v) is 4.99. The van der Waals surface area contributed by atoms with Crippen molar-refractivity contribution >= 4 is 0 Å². The summed E-state index contributed by atoms with van der Waals surface area (Å²) in [6.45, 7) is 4.67. The van der Waals surface area contributed by atoms with Crippen molar-refractivity contribution in [3.8, 4) is 11.3 Å². The largest absolute Gasteiger partial charge is 0.256 e. The molecule has 0 unspecified atom stereocenters. The highest BCUT2D eigenvalue weighted by Gasteiger charge is 2.22. The van der Waals surface area contributed by atoms with Gasteiger partial charge in [0.25, 0.3) is 0 Å².